The fourth-order valence-corrected chi connectivity index (χ4v) is 3.57. The Bertz CT molecular complexity index is 691. The maximum absolute atomic E-state index is 12.4. The van der Waals surface area contributed by atoms with E-state index in [1.807, 2.05) is 67.2 Å². The van der Waals surface area contributed by atoms with Crippen molar-refractivity contribution >= 4 is 35.8 Å². The van der Waals surface area contributed by atoms with Crippen LogP contribution < -0.4 is 15.4 Å². The third-order valence-electron chi connectivity index (χ3n) is 3.81. The first-order valence-electron chi connectivity index (χ1n) is 8.15. The van der Waals surface area contributed by atoms with Crippen LogP contribution in [0.1, 0.15) is 12.0 Å². The minimum atomic E-state index is 0. The number of nitrogens with one attached hydrogen (secondary N) is 2. The van der Waals surface area contributed by atoms with E-state index < -0.39 is 0 Å². The molecule has 1 amide bonds. The Morgan fingerprint density at radius 3 is 2.80 bits per heavy atom. The van der Waals surface area contributed by atoms with Crippen molar-refractivity contribution in [3.8, 4) is 11.5 Å². The Hall–Kier alpha value is -1.69. The summed E-state index contributed by atoms with van der Waals surface area (Å²) in [6.07, 6.45) is 0.478. The number of benzene rings is 2. The minimum absolute atomic E-state index is 0. The van der Waals surface area contributed by atoms with Crippen molar-refractivity contribution in [2.45, 2.75) is 19.4 Å². The number of para-hydroxylation sites is 1. The highest BCUT2D eigenvalue weighted by Crippen LogP contribution is 2.30. The van der Waals surface area contributed by atoms with Crippen LogP contribution in [0.4, 0.5) is 5.69 Å². The molecular formula is C19H23ClN2O2S. The van der Waals surface area contributed by atoms with Crippen molar-refractivity contribution in [2.75, 3.05) is 23.4 Å². The van der Waals surface area contributed by atoms with Crippen LogP contribution in [0.25, 0.3) is 0 Å². The lowest BCUT2D eigenvalue weighted by molar-refractivity contribution is -0.116. The molecule has 1 heterocycles. The van der Waals surface area contributed by atoms with E-state index in [4.69, 9.17) is 4.74 Å². The van der Waals surface area contributed by atoms with Crippen molar-refractivity contribution in [1.82, 2.24) is 5.32 Å². The van der Waals surface area contributed by atoms with E-state index in [1.165, 1.54) is 0 Å². The highest BCUT2D eigenvalue weighted by Gasteiger charge is 2.18. The summed E-state index contributed by atoms with van der Waals surface area (Å²) in [5, 5.41) is 6.39. The number of amides is 1. The molecule has 0 aliphatic carbocycles. The van der Waals surface area contributed by atoms with Crippen molar-refractivity contribution in [3.63, 3.8) is 0 Å². The van der Waals surface area contributed by atoms with Crippen molar-refractivity contribution in [1.29, 1.82) is 0 Å². The summed E-state index contributed by atoms with van der Waals surface area (Å²) >= 11 is 1.89. The molecule has 1 aliphatic rings. The largest absolute Gasteiger partial charge is 0.455 e. The molecule has 0 bridgehead atoms. The number of hydrogen-bond donors (Lipinski definition) is 2. The van der Waals surface area contributed by atoms with Crippen LogP contribution in [0.2, 0.25) is 0 Å². The number of thioether (sulfide) groups is 1. The zero-order valence-corrected chi connectivity index (χ0v) is 15.8. The SMILES string of the molecule is Cc1ccc(Oc2ccccc2)c(NC(=O)CC2CSCCN2)c1.Cl. The van der Waals surface area contributed by atoms with Crippen molar-refractivity contribution in [2.24, 2.45) is 0 Å². The van der Waals surface area contributed by atoms with Gasteiger partial charge in [-0.1, -0.05) is 24.3 Å². The molecule has 3 rings (SSSR count). The van der Waals surface area contributed by atoms with Crippen LogP contribution in [-0.4, -0.2) is 30.0 Å². The molecule has 2 aromatic rings. The fraction of sp³-hybridized carbons (Fsp3) is 0.316. The summed E-state index contributed by atoms with van der Waals surface area (Å²) in [5.41, 5.74) is 1.80. The van der Waals surface area contributed by atoms with Gasteiger partial charge in [-0.25, -0.2) is 0 Å². The number of ether oxygens (including phenoxy) is 1. The van der Waals surface area contributed by atoms with Crippen molar-refractivity contribution < 1.29 is 9.53 Å². The first-order valence-corrected chi connectivity index (χ1v) is 9.31. The van der Waals surface area contributed by atoms with Crippen LogP contribution in [0.3, 0.4) is 0 Å². The lowest BCUT2D eigenvalue weighted by Gasteiger charge is -2.22. The Labute approximate surface area is 159 Å². The van der Waals surface area contributed by atoms with Gasteiger partial charge >= 0.3 is 0 Å². The van der Waals surface area contributed by atoms with E-state index in [0.717, 1.165) is 29.4 Å². The second kappa shape index (κ2) is 9.70. The zero-order valence-electron chi connectivity index (χ0n) is 14.2. The monoisotopic (exact) mass is 378 g/mol. The number of aryl methyl sites for hydroxylation is 1. The van der Waals surface area contributed by atoms with Gasteiger partial charge in [-0.3, -0.25) is 4.79 Å². The smallest absolute Gasteiger partial charge is 0.226 e. The molecule has 134 valence electrons. The van der Waals surface area contributed by atoms with E-state index in [9.17, 15) is 4.79 Å². The van der Waals surface area contributed by atoms with Gasteiger partial charge in [-0.15, -0.1) is 12.4 Å². The normalized spacial score (nSPS) is 16.6. The number of anilines is 1. The fourth-order valence-electron chi connectivity index (χ4n) is 2.62. The van der Waals surface area contributed by atoms with Gasteiger partial charge in [0.05, 0.1) is 5.69 Å². The topological polar surface area (TPSA) is 50.4 Å². The molecule has 1 aliphatic heterocycles. The Morgan fingerprint density at radius 1 is 1.28 bits per heavy atom. The van der Waals surface area contributed by atoms with E-state index in [0.29, 0.717) is 17.9 Å². The third-order valence-corrected chi connectivity index (χ3v) is 4.94. The summed E-state index contributed by atoms with van der Waals surface area (Å²) in [5.74, 6) is 3.52. The van der Waals surface area contributed by atoms with Gasteiger partial charge in [0.25, 0.3) is 0 Å². The van der Waals surface area contributed by atoms with E-state index in [-0.39, 0.29) is 24.4 Å². The van der Waals surface area contributed by atoms with Gasteiger partial charge in [0.2, 0.25) is 5.91 Å². The number of hydrogen-bond acceptors (Lipinski definition) is 4. The van der Waals surface area contributed by atoms with E-state index in [2.05, 4.69) is 10.6 Å². The molecule has 6 heteroatoms. The molecule has 0 spiro atoms. The summed E-state index contributed by atoms with van der Waals surface area (Å²) in [4.78, 5) is 12.4. The molecule has 0 radical (unpaired) electrons. The number of rotatable bonds is 5. The molecule has 1 atom stereocenters. The highest BCUT2D eigenvalue weighted by atomic mass is 35.5. The molecule has 0 aromatic heterocycles. The standard InChI is InChI=1S/C19H22N2O2S.ClH/c1-14-7-8-18(23-16-5-3-2-4-6-16)17(11-14)21-19(22)12-15-13-24-10-9-20-15;/h2-8,11,15,20H,9-10,12-13H2,1H3,(H,21,22);1H. The van der Waals surface area contributed by atoms with Gasteiger partial charge < -0.3 is 15.4 Å². The lowest BCUT2D eigenvalue weighted by atomic mass is 10.2. The third kappa shape index (κ3) is 5.96. The molecular weight excluding hydrogens is 356 g/mol. The minimum Gasteiger partial charge on any atom is -0.455 e. The van der Waals surface area contributed by atoms with E-state index >= 15 is 0 Å². The molecule has 0 saturated carbocycles. The molecule has 2 aromatic carbocycles. The van der Waals surface area contributed by atoms with Crippen molar-refractivity contribution in [3.05, 3.63) is 54.1 Å². The number of carbonyl (C=O) groups excluding carboxylic acids is 1. The highest BCUT2D eigenvalue weighted by molar-refractivity contribution is 7.99. The van der Waals surface area contributed by atoms with Gasteiger partial charge in [-0.2, -0.15) is 11.8 Å². The average molecular weight is 379 g/mol. The molecule has 4 nitrogen and oxygen atoms in total. The van der Waals surface area contributed by atoms with Crippen LogP contribution >= 0.6 is 24.2 Å². The lowest BCUT2D eigenvalue weighted by Crippen LogP contribution is -2.39. The molecule has 1 unspecified atom stereocenters. The summed E-state index contributed by atoms with van der Waals surface area (Å²) in [6, 6.07) is 15.7. The van der Waals surface area contributed by atoms with Gasteiger partial charge in [0.15, 0.2) is 5.75 Å². The number of carbonyl (C=O) groups is 1. The first-order chi connectivity index (χ1) is 11.7. The van der Waals surface area contributed by atoms with Gasteiger partial charge in [0.1, 0.15) is 5.75 Å². The maximum Gasteiger partial charge on any atom is 0.226 e. The predicted molar refractivity (Wildman–Crippen MR) is 107 cm³/mol. The average Bonchev–Trinajstić information content (AvgIpc) is 2.59. The summed E-state index contributed by atoms with van der Waals surface area (Å²) < 4.78 is 5.92. The summed E-state index contributed by atoms with van der Waals surface area (Å²) in [6.45, 7) is 2.97. The van der Waals surface area contributed by atoms with Gasteiger partial charge in [-0.05, 0) is 36.8 Å². The zero-order chi connectivity index (χ0) is 16.8. The van der Waals surface area contributed by atoms with Crippen LogP contribution in [-0.2, 0) is 4.79 Å². The Kier molecular flexibility index (Phi) is 7.62. The maximum atomic E-state index is 12.4. The molecule has 2 N–H and O–H groups in total. The Balaban J connectivity index is 0.00000225. The second-order valence-electron chi connectivity index (χ2n) is 5.89. The summed E-state index contributed by atoms with van der Waals surface area (Å²) in [7, 11) is 0. The van der Waals surface area contributed by atoms with Crippen LogP contribution in [0.15, 0.2) is 48.5 Å². The van der Waals surface area contributed by atoms with Crippen LogP contribution in [0, 0.1) is 6.92 Å². The molecule has 25 heavy (non-hydrogen) atoms. The first kappa shape index (κ1) is 19.6. The quantitative estimate of drug-likeness (QED) is 0.816. The van der Waals surface area contributed by atoms with Gasteiger partial charge in [0, 0.05) is 30.5 Å². The Morgan fingerprint density at radius 2 is 2.08 bits per heavy atom. The van der Waals surface area contributed by atoms with E-state index in [1.54, 1.807) is 0 Å². The second-order valence-corrected chi connectivity index (χ2v) is 7.04. The molecule has 1 fully saturated rings. The van der Waals surface area contributed by atoms with Crippen LogP contribution in [0.5, 0.6) is 11.5 Å². The number of halogens is 1. The predicted octanol–water partition coefficient (Wildman–Crippen LogP) is 4.24. The molecule has 1 saturated heterocycles.